The maximum atomic E-state index is 11.8. The van der Waals surface area contributed by atoms with Crippen molar-refractivity contribution in [2.75, 3.05) is 13.1 Å². The van der Waals surface area contributed by atoms with Crippen LogP contribution in [-0.4, -0.2) is 44.9 Å². The zero-order valence-electron chi connectivity index (χ0n) is 8.54. The SMILES string of the molecule is O=C(Cn1cccn1)N1CCC[C@@H](O)C1. The predicted molar refractivity (Wildman–Crippen MR) is 54.0 cm³/mol. The second-order valence-electron chi connectivity index (χ2n) is 3.84. The first-order valence-corrected chi connectivity index (χ1v) is 5.19. The van der Waals surface area contributed by atoms with Crippen LogP contribution in [0.5, 0.6) is 0 Å². The molecular weight excluding hydrogens is 194 g/mol. The smallest absolute Gasteiger partial charge is 0.244 e. The highest BCUT2D eigenvalue weighted by Crippen LogP contribution is 2.10. The molecule has 1 saturated heterocycles. The number of hydrogen-bond donors (Lipinski definition) is 1. The minimum atomic E-state index is -0.361. The molecule has 0 aliphatic carbocycles. The number of hydrogen-bond acceptors (Lipinski definition) is 3. The van der Waals surface area contributed by atoms with Gasteiger partial charge < -0.3 is 10.0 Å². The van der Waals surface area contributed by atoms with Crippen molar-refractivity contribution < 1.29 is 9.90 Å². The summed E-state index contributed by atoms with van der Waals surface area (Å²) in [5, 5.41) is 13.4. The summed E-state index contributed by atoms with van der Waals surface area (Å²) in [6, 6.07) is 1.79. The normalized spacial score (nSPS) is 21.7. The first-order valence-electron chi connectivity index (χ1n) is 5.19. The Balaban J connectivity index is 1.90. The van der Waals surface area contributed by atoms with E-state index in [2.05, 4.69) is 5.10 Å². The lowest BCUT2D eigenvalue weighted by atomic mass is 10.1. The number of β-amino-alcohol motifs (C(OH)–C–C–N with tert-alkyl or cyclic N) is 1. The van der Waals surface area contributed by atoms with E-state index in [4.69, 9.17) is 0 Å². The Bertz CT molecular complexity index is 323. The molecular formula is C10H15N3O2. The largest absolute Gasteiger partial charge is 0.391 e. The average molecular weight is 209 g/mol. The molecule has 5 nitrogen and oxygen atoms in total. The first kappa shape index (κ1) is 10.2. The lowest BCUT2D eigenvalue weighted by Gasteiger charge is -2.30. The fourth-order valence-electron chi connectivity index (χ4n) is 1.81. The van der Waals surface area contributed by atoms with E-state index in [1.807, 2.05) is 0 Å². The number of rotatable bonds is 2. The molecule has 1 aromatic heterocycles. The minimum Gasteiger partial charge on any atom is -0.391 e. The number of aliphatic hydroxyl groups is 1. The second kappa shape index (κ2) is 4.44. The molecule has 1 atom stereocenters. The van der Waals surface area contributed by atoms with Gasteiger partial charge >= 0.3 is 0 Å². The van der Waals surface area contributed by atoms with Crippen LogP contribution in [-0.2, 0) is 11.3 Å². The number of piperidine rings is 1. The number of aromatic nitrogens is 2. The Morgan fingerprint density at radius 3 is 3.13 bits per heavy atom. The summed E-state index contributed by atoms with van der Waals surface area (Å²) in [7, 11) is 0. The summed E-state index contributed by atoms with van der Waals surface area (Å²) in [5.41, 5.74) is 0. The molecule has 0 bridgehead atoms. The summed E-state index contributed by atoms with van der Waals surface area (Å²) >= 11 is 0. The van der Waals surface area contributed by atoms with Gasteiger partial charge in [-0.15, -0.1) is 0 Å². The second-order valence-corrected chi connectivity index (χ2v) is 3.84. The van der Waals surface area contributed by atoms with Crippen LogP contribution in [0.1, 0.15) is 12.8 Å². The summed E-state index contributed by atoms with van der Waals surface area (Å²) in [5.74, 6) is 0.0254. The Morgan fingerprint density at radius 2 is 2.47 bits per heavy atom. The number of amides is 1. The summed E-state index contributed by atoms with van der Waals surface area (Å²) in [4.78, 5) is 13.5. The highest BCUT2D eigenvalue weighted by atomic mass is 16.3. The molecule has 2 heterocycles. The zero-order valence-corrected chi connectivity index (χ0v) is 8.54. The molecule has 0 spiro atoms. The maximum absolute atomic E-state index is 11.8. The third-order valence-corrected chi connectivity index (χ3v) is 2.61. The molecule has 0 saturated carbocycles. The molecule has 1 aromatic rings. The van der Waals surface area contributed by atoms with Crippen molar-refractivity contribution in [1.29, 1.82) is 0 Å². The monoisotopic (exact) mass is 209 g/mol. The average Bonchev–Trinajstić information content (AvgIpc) is 2.70. The fraction of sp³-hybridized carbons (Fsp3) is 0.600. The Kier molecular flexibility index (Phi) is 3.01. The van der Waals surface area contributed by atoms with Crippen LogP contribution in [0, 0.1) is 0 Å². The molecule has 2 rings (SSSR count). The summed E-state index contributed by atoms with van der Waals surface area (Å²) in [6.45, 7) is 1.47. The van der Waals surface area contributed by atoms with Crippen molar-refractivity contribution in [3.8, 4) is 0 Å². The van der Waals surface area contributed by atoms with Crippen molar-refractivity contribution in [1.82, 2.24) is 14.7 Å². The topological polar surface area (TPSA) is 58.4 Å². The molecule has 15 heavy (non-hydrogen) atoms. The van der Waals surface area contributed by atoms with E-state index in [0.29, 0.717) is 6.54 Å². The van der Waals surface area contributed by atoms with Gasteiger partial charge in [-0.05, 0) is 18.9 Å². The van der Waals surface area contributed by atoms with Crippen molar-refractivity contribution in [3.05, 3.63) is 18.5 Å². The Morgan fingerprint density at radius 1 is 1.60 bits per heavy atom. The fourth-order valence-corrected chi connectivity index (χ4v) is 1.81. The predicted octanol–water partition coefficient (Wildman–Crippen LogP) is -0.134. The van der Waals surface area contributed by atoms with Crippen LogP contribution in [0.3, 0.4) is 0 Å². The first-order chi connectivity index (χ1) is 7.25. The quantitative estimate of drug-likeness (QED) is 0.738. The van der Waals surface area contributed by atoms with Crippen molar-refractivity contribution in [2.45, 2.75) is 25.5 Å². The maximum Gasteiger partial charge on any atom is 0.244 e. The van der Waals surface area contributed by atoms with E-state index in [1.165, 1.54) is 0 Å². The minimum absolute atomic E-state index is 0.0254. The van der Waals surface area contributed by atoms with Crippen LogP contribution in [0.4, 0.5) is 0 Å². The van der Waals surface area contributed by atoms with E-state index in [1.54, 1.807) is 28.0 Å². The summed E-state index contributed by atoms with van der Waals surface area (Å²) < 4.78 is 1.60. The molecule has 1 N–H and O–H groups in total. The number of nitrogens with zero attached hydrogens (tertiary/aromatic N) is 3. The van der Waals surface area contributed by atoms with Crippen LogP contribution >= 0.6 is 0 Å². The van der Waals surface area contributed by atoms with E-state index >= 15 is 0 Å². The van der Waals surface area contributed by atoms with E-state index in [9.17, 15) is 9.90 Å². The van der Waals surface area contributed by atoms with Gasteiger partial charge in [0.1, 0.15) is 6.54 Å². The Hall–Kier alpha value is -1.36. The van der Waals surface area contributed by atoms with Crippen molar-refractivity contribution in [2.24, 2.45) is 0 Å². The number of carbonyl (C=O) groups is 1. The standard InChI is InChI=1S/C10H15N3O2/c14-9-3-1-5-12(7-9)10(15)8-13-6-2-4-11-13/h2,4,6,9,14H,1,3,5,7-8H2/t9-/m1/s1. The van der Waals surface area contributed by atoms with Crippen molar-refractivity contribution >= 4 is 5.91 Å². The van der Waals surface area contributed by atoms with E-state index in [0.717, 1.165) is 19.4 Å². The van der Waals surface area contributed by atoms with Crippen molar-refractivity contribution in [3.63, 3.8) is 0 Å². The molecule has 82 valence electrons. The molecule has 1 aliphatic rings. The third-order valence-electron chi connectivity index (χ3n) is 2.61. The molecule has 0 aromatic carbocycles. The molecule has 1 fully saturated rings. The van der Waals surface area contributed by atoms with Gasteiger partial charge in [-0.2, -0.15) is 5.10 Å². The van der Waals surface area contributed by atoms with E-state index < -0.39 is 0 Å². The van der Waals surface area contributed by atoms with Gasteiger partial charge in [-0.3, -0.25) is 9.48 Å². The number of likely N-dealkylation sites (tertiary alicyclic amines) is 1. The lowest BCUT2D eigenvalue weighted by Crippen LogP contribution is -2.43. The van der Waals surface area contributed by atoms with Gasteiger partial charge in [0.25, 0.3) is 0 Å². The van der Waals surface area contributed by atoms with Gasteiger partial charge in [0.05, 0.1) is 6.10 Å². The highest BCUT2D eigenvalue weighted by molar-refractivity contribution is 5.76. The summed E-state index contributed by atoms with van der Waals surface area (Å²) in [6.07, 6.45) is 4.73. The van der Waals surface area contributed by atoms with E-state index in [-0.39, 0.29) is 18.6 Å². The zero-order chi connectivity index (χ0) is 10.7. The number of carbonyl (C=O) groups excluding carboxylic acids is 1. The molecule has 1 aliphatic heterocycles. The van der Waals surface area contributed by atoms with Gasteiger partial charge in [0, 0.05) is 25.5 Å². The van der Waals surface area contributed by atoms with Gasteiger partial charge in [0.15, 0.2) is 0 Å². The van der Waals surface area contributed by atoms with Gasteiger partial charge in [-0.25, -0.2) is 0 Å². The molecule has 1 amide bonds. The Labute approximate surface area is 88.3 Å². The van der Waals surface area contributed by atoms with Crippen LogP contribution < -0.4 is 0 Å². The van der Waals surface area contributed by atoms with Crippen LogP contribution in [0.15, 0.2) is 18.5 Å². The van der Waals surface area contributed by atoms with Gasteiger partial charge in [-0.1, -0.05) is 0 Å². The van der Waals surface area contributed by atoms with Crippen LogP contribution in [0.2, 0.25) is 0 Å². The molecule has 0 radical (unpaired) electrons. The third kappa shape index (κ3) is 2.56. The molecule has 5 heteroatoms. The van der Waals surface area contributed by atoms with Gasteiger partial charge in [0.2, 0.25) is 5.91 Å². The number of aliphatic hydroxyl groups excluding tert-OH is 1. The molecule has 0 unspecified atom stereocenters. The van der Waals surface area contributed by atoms with Crippen LogP contribution in [0.25, 0.3) is 0 Å². The highest BCUT2D eigenvalue weighted by Gasteiger charge is 2.21. The lowest BCUT2D eigenvalue weighted by molar-refractivity contribution is -0.135.